The van der Waals surface area contributed by atoms with Crippen molar-refractivity contribution >= 4 is 32.9 Å². The molecule has 0 spiro atoms. The summed E-state index contributed by atoms with van der Waals surface area (Å²) >= 11 is 3.26. The number of aromatic nitrogens is 3. The number of pyridine rings is 1. The van der Waals surface area contributed by atoms with Crippen LogP contribution in [0.3, 0.4) is 0 Å². The van der Waals surface area contributed by atoms with E-state index in [0.29, 0.717) is 10.2 Å². The number of nitrogens with one attached hydrogen (secondary N) is 2. The molecule has 0 radical (unpaired) electrons. The van der Waals surface area contributed by atoms with Crippen LogP contribution in [0.5, 0.6) is 0 Å². The summed E-state index contributed by atoms with van der Waals surface area (Å²) in [6.45, 7) is 1.89. The fraction of sp³-hybridized carbons (Fsp3) is 0.133. The number of fused-ring (bicyclic) bond motifs is 1. The molecule has 2 heterocycles. The number of carbonyl (C=O) groups is 1. The van der Waals surface area contributed by atoms with Gasteiger partial charge in [0.1, 0.15) is 10.4 Å². The molecular formula is C15H13BrN4O. The van der Waals surface area contributed by atoms with Crippen LogP contribution in [-0.4, -0.2) is 20.9 Å². The van der Waals surface area contributed by atoms with E-state index in [0.717, 1.165) is 16.9 Å². The minimum absolute atomic E-state index is 0.161. The van der Waals surface area contributed by atoms with Crippen LogP contribution in [0.4, 0.5) is 0 Å². The van der Waals surface area contributed by atoms with Crippen molar-refractivity contribution in [1.29, 1.82) is 0 Å². The third kappa shape index (κ3) is 2.95. The summed E-state index contributed by atoms with van der Waals surface area (Å²) in [4.78, 5) is 23.9. The largest absolute Gasteiger partial charge is 0.342 e. The lowest BCUT2D eigenvalue weighted by molar-refractivity contribution is 0.0938. The molecular weight excluding hydrogens is 332 g/mol. The molecule has 1 aromatic carbocycles. The lowest BCUT2D eigenvalue weighted by atomic mass is 10.2. The molecule has 1 atom stereocenters. The van der Waals surface area contributed by atoms with E-state index in [1.165, 1.54) is 0 Å². The highest BCUT2D eigenvalue weighted by atomic mass is 79.9. The minimum atomic E-state index is -0.211. The Morgan fingerprint density at radius 3 is 2.90 bits per heavy atom. The number of amides is 1. The average molecular weight is 345 g/mol. The van der Waals surface area contributed by atoms with E-state index in [2.05, 4.69) is 36.2 Å². The van der Waals surface area contributed by atoms with Crippen molar-refractivity contribution < 1.29 is 4.79 Å². The Balaban J connectivity index is 1.79. The summed E-state index contributed by atoms with van der Waals surface area (Å²) in [6.07, 6.45) is 1.59. The van der Waals surface area contributed by atoms with Crippen LogP contribution in [0, 0.1) is 0 Å². The molecule has 6 heteroatoms. The maximum absolute atomic E-state index is 12.2. The second kappa shape index (κ2) is 5.65. The fourth-order valence-electron chi connectivity index (χ4n) is 2.07. The second-order valence-corrected chi connectivity index (χ2v) is 5.51. The van der Waals surface area contributed by atoms with Gasteiger partial charge < -0.3 is 10.3 Å². The standard InChI is InChI=1S/C15H13BrN4O/c1-9(14-19-11-4-2-3-5-12(11)20-14)18-15(21)10-6-7-17-13(16)8-10/h2-9H,1H3,(H,18,21)(H,19,20). The zero-order valence-corrected chi connectivity index (χ0v) is 12.9. The number of rotatable bonds is 3. The number of hydrogen-bond acceptors (Lipinski definition) is 3. The summed E-state index contributed by atoms with van der Waals surface area (Å²) in [6, 6.07) is 10.9. The number of halogens is 1. The van der Waals surface area contributed by atoms with E-state index in [1.54, 1.807) is 18.3 Å². The molecule has 1 unspecified atom stereocenters. The molecule has 2 aromatic heterocycles. The Bertz CT molecular complexity index is 766. The number of aromatic amines is 1. The van der Waals surface area contributed by atoms with Crippen molar-refractivity contribution in [2.24, 2.45) is 0 Å². The first kappa shape index (κ1) is 13.8. The van der Waals surface area contributed by atoms with Crippen LogP contribution in [0.2, 0.25) is 0 Å². The first-order valence-corrected chi connectivity index (χ1v) is 7.30. The number of nitrogens with zero attached hydrogens (tertiary/aromatic N) is 2. The molecule has 0 bridgehead atoms. The Kier molecular flexibility index (Phi) is 3.70. The van der Waals surface area contributed by atoms with E-state index in [1.807, 2.05) is 31.2 Å². The third-order valence-corrected chi connectivity index (χ3v) is 3.59. The molecule has 0 saturated carbocycles. The van der Waals surface area contributed by atoms with Gasteiger partial charge in [0.25, 0.3) is 5.91 Å². The van der Waals surface area contributed by atoms with E-state index >= 15 is 0 Å². The summed E-state index contributed by atoms with van der Waals surface area (Å²) in [5.41, 5.74) is 2.40. The van der Waals surface area contributed by atoms with Crippen molar-refractivity contribution in [3.05, 3.63) is 58.6 Å². The molecule has 0 saturated heterocycles. The molecule has 3 aromatic rings. The van der Waals surface area contributed by atoms with Gasteiger partial charge in [-0.05, 0) is 47.1 Å². The molecule has 5 nitrogen and oxygen atoms in total. The van der Waals surface area contributed by atoms with Gasteiger partial charge in [0.2, 0.25) is 0 Å². The summed E-state index contributed by atoms with van der Waals surface area (Å²) in [7, 11) is 0. The van der Waals surface area contributed by atoms with Gasteiger partial charge in [-0.15, -0.1) is 0 Å². The highest BCUT2D eigenvalue weighted by Gasteiger charge is 2.15. The van der Waals surface area contributed by atoms with E-state index in [9.17, 15) is 4.79 Å². The predicted molar refractivity (Wildman–Crippen MR) is 83.9 cm³/mol. The van der Waals surface area contributed by atoms with Gasteiger partial charge in [0, 0.05) is 11.8 Å². The van der Waals surface area contributed by atoms with Crippen molar-refractivity contribution in [3.8, 4) is 0 Å². The van der Waals surface area contributed by atoms with Crippen LogP contribution < -0.4 is 5.32 Å². The topological polar surface area (TPSA) is 70.7 Å². The van der Waals surface area contributed by atoms with Gasteiger partial charge in [-0.25, -0.2) is 9.97 Å². The van der Waals surface area contributed by atoms with Crippen LogP contribution in [0.1, 0.15) is 29.1 Å². The Morgan fingerprint density at radius 2 is 2.14 bits per heavy atom. The number of imidazole rings is 1. The van der Waals surface area contributed by atoms with Crippen molar-refractivity contribution in [2.45, 2.75) is 13.0 Å². The van der Waals surface area contributed by atoms with Gasteiger partial charge in [0.05, 0.1) is 17.1 Å². The zero-order valence-electron chi connectivity index (χ0n) is 11.3. The number of benzene rings is 1. The number of para-hydroxylation sites is 2. The molecule has 0 aliphatic heterocycles. The number of H-pyrrole nitrogens is 1. The second-order valence-electron chi connectivity index (χ2n) is 4.70. The molecule has 0 fully saturated rings. The van der Waals surface area contributed by atoms with Crippen molar-refractivity contribution in [2.75, 3.05) is 0 Å². The van der Waals surface area contributed by atoms with Crippen molar-refractivity contribution in [3.63, 3.8) is 0 Å². The average Bonchev–Trinajstić information content (AvgIpc) is 2.91. The number of carbonyl (C=O) groups excluding carboxylic acids is 1. The molecule has 2 N–H and O–H groups in total. The Labute approximate surface area is 129 Å². The highest BCUT2D eigenvalue weighted by molar-refractivity contribution is 9.10. The molecule has 21 heavy (non-hydrogen) atoms. The number of hydrogen-bond donors (Lipinski definition) is 2. The lowest BCUT2D eigenvalue weighted by Gasteiger charge is -2.11. The van der Waals surface area contributed by atoms with Gasteiger partial charge in [-0.3, -0.25) is 4.79 Å². The molecule has 106 valence electrons. The van der Waals surface area contributed by atoms with E-state index in [4.69, 9.17) is 0 Å². The lowest BCUT2D eigenvalue weighted by Crippen LogP contribution is -2.27. The van der Waals surface area contributed by atoms with E-state index < -0.39 is 0 Å². The predicted octanol–water partition coefficient (Wildman–Crippen LogP) is 3.21. The Morgan fingerprint density at radius 1 is 1.33 bits per heavy atom. The van der Waals surface area contributed by atoms with Crippen LogP contribution in [0.15, 0.2) is 47.2 Å². The summed E-state index contributed by atoms with van der Waals surface area (Å²) in [5.74, 6) is 0.573. The normalized spacial score (nSPS) is 12.3. The Hall–Kier alpha value is -2.21. The van der Waals surface area contributed by atoms with Gasteiger partial charge in [-0.1, -0.05) is 12.1 Å². The van der Waals surface area contributed by atoms with Gasteiger partial charge >= 0.3 is 0 Å². The summed E-state index contributed by atoms with van der Waals surface area (Å²) in [5, 5.41) is 2.92. The van der Waals surface area contributed by atoms with Gasteiger partial charge in [0.15, 0.2) is 0 Å². The minimum Gasteiger partial charge on any atom is -0.342 e. The fourth-order valence-corrected chi connectivity index (χ4v) is 2.43. The van der Waals surface area contributed by atoms with Crippen LogP contribution in [0.25, 0.3) is 11.0 Å². The van der Waals surface area contributed by atoms with Crippen LogP contribution in [-0.2, 0) is 0 Å². The molecule has 1 amide bonds. The van der Waals surface area contributed by atoms with Crippen LogP contribution >= 0.6 is 15.9 Å². The third-order valence-electron chi connectivity index (χ3n) is 3.15. The quantitative estimate of drug-likeness (QED) is 0.716. The monoisotopic (exact) mass is 344 g/mol. The first-order chi connectivity index (χ1) is 10.1. The van der Waals surface area contributed by atoms with E-state index in [-0.39, 0.29) is 11.9 Å². The highest BCUT2D eigenvalue weighted by Crippen LogP contribution is 2.16. The van der Waals surface area contributed by atoms with Crippen molar-refractivity contribution in [1.82, 2.24) is 20.3 Å². The van der Waals surface area contributed by atoms with Gasteiger partial charge in [-0.2, -0.15) is 0 Å². The molecule has 0 aliphatic rings. The maximum atomic E-state index is 12.2. The maximum Gasteiger partial charge on any atom is 0.252 e. The molecule has 3 rings (SSSR count). The zero-order chi connectivity index (χ0) is 14.8. The smallest absolute Gasteiger partial charge is 0.252 e. The summed E-state index contributed by atoms with van der Waals surface area (Å²) < 4.78 is 0.631. The molecule has 0 aliphatic carbocycles. The SMILES string of the molecule is CC(NC(=O)c1ccnc(Br)c1)c1nc2ccccc2[nH]1. The first-order valence-electron chi connectivity index (χ1n) is 6.50.